The molecule has 0 radical (unpaired) electrons. The molecule has 0 fully saturated rings. The number of hydrogen-bond acceptors (Lipinski definition) is 4. The van der Waals surface area contributed by atoms with Gasteiger partial charge in [-0.1, -0.05) is 206 Å². The minimum Gasteiger partial charge on any atom is -0.311 e. The lowest BCUT2D eigenvalue weighted by Gasteiger charge is -2.52. The number of benzene rings is 9. The number of hydrogen-bond donors (Lipinski definition) is 0. The molecular formula is C57H40N4Si2. The summed E-state index contributed by atoms with van der Waals surface area (Å²) >= 11 is 0. The number of anilines is 3. The van der Waals surface area contributed by atoms with Gasteiger partial charge in [-0.05, 0) is 77.9 Å². The van der Waals surface area contributed by atoms with Crippen molar-refractivity contribution in [2.75, 3.05) is 4.90 Å². The highest BCUT2D eigenvalue weighted by Gasteiger charge is 2.59. The number of nitrogens with zero attached hydrogens (tertiary/aromatic N) is 4. The zero-order valence-corrected chi connectivity index (χ0v) is 36.4. The molecule has 2 aliphatic heterocycles. The fourth-order valence-corrected chi connectivity index (χ4v) is 23.0. The van der Waals surface area contributed by atoms with Crippen LogP contribution in [0.2, 0.25) is 0 Å². The van der Waals surface area contributed by atoms with Crippen molar-refractivity contribution in [2.45, 2.75) is 0 Å². The average Bonchev–Trinajstić information content (AvgIpc) is 3.37. The molecule has 1 aromatic heterocycles. The van der Waals surface area contributed by atoms with Crippen LogP contribution in [-0.4, -0.2) is 31.1 Å². The van der Waals surface area contributed by atoms with Crippen LogP contribution in [0.3, 0.4) is 0 Å². The summed E-state index contributed by atoms with van der Waals surface area (Å²) in [6.45, 7) is 0. The average molecular weight is 837 g/mol. The molecule has 2 aliphatic rings. The van der Waals surface area contributed by atoms with Gasteiger partial charge in [-0.2, -0.15) is 0 Å². The second-order valence-corrected chi connectivity index (χ2v) is 23.7. The van der Waals surface area contributed by atoms with E-state index in [2.05, 4.69) is 187 Å². The topological polar surface area (TPSA) is 41.9 Å². The molecule has 0 saturated carbocycles. The van der Waals surface area contributed by atoms with E-state index < -0.39 is 16.1 Å². The smallest absolute Gasteiger partial charge is 0.183 e. The van der Waals surface area contributed by atoms with Crippen molar-refractivity contribution in [1.29, 1.82) is 0 Å². The Balaban J connectivity index is 1.06. The summed E-state index contributed by atoms with van der Waals surface area (Å²) in [4.78, 5) is 17.5. The fraction of sp³-hybridized carbons (Fsp3) is 0. The van der Waals surface area contributed by atoms with E-state index in [4.69, 9.17) is 15.0 Å². The zero-order chi connectivity index (χ0) is 41.8. The molecule has 10 aromatic rings. The van der Waals surface area contributed by atoms with Crippen molar-refractivity contribution >= 4 is 74.7 Å². The molecule has 0 saturated heterocycles. The Kier molecular flexibility index (Phi) is 8.81. The number of fused-ring (bicyclic) bond motifs is 8. The monoisotopic (exact) mass is 836 g/mol. The standard InChI is InChI=1S/C57H40N4Si2/c1-5-21-41(22-6-1)55-58-56(42-23-7-2-8-24-42)60-57(59-55)43-37-39-44(40-38-43)61-47-29-13-15-31-49(47)63(50-32-16-14-30-48(50)61)53-35-19-17-33-51(53)62(45-25-9-3-10-26-45,46-27-11-4-12-28-46)52-34-18-20-36-54(52)63/h1-40H. The van der Waals surface area contributed by atoms with Crippen LogP contribution in [0.1, 0.15) is 0 Å². The Morgan fingerprint density at radius 1 is 0.254 bits per heavy atom. The van der Waals surface area contributed by atoms with Crippen molar-refractivity contribution in [2.24, 2.45) is 0 Å². The lowest BCUT2D eigenvalue weighted by molar-refractivity contribution is 1.07. The second kappa shape index (κ2) is 15.0. The first-order valence-corrected chi connectivity index (χ1v) is 25.5. The van der Waals surface area contributed by atoms with Gasteiger partial charge in [0.1, 0.15) is 0 Å². The SMILES string of the molecule is c1ccc(-c2nc(-c3ccccc3)nc(-c3ccc(N4c5ccccc5[Si]5(c6ccccc64)c4ccccc4[Si](c4ccccc4)(c4ccccc4)c4ccccc45)cc3)n2)cc1. The van der Waals surface area contributed by atoms with Gasteiger partial charge in [-0.3, -0.25) is 0 Å². The zero-order valence-electron chi connectivity index (χ0n) is 34.4. The highest BCUT2D eigenvalue weighted by Crippen LogP contribution is 2.39. The second-order valence-electron chi connectivity index (χ2n) is 16.3. The third kappa shape index (κ3) is 5.62. The first-order valence-electron chi connectivity index (χ1n) is 21.5. The van der Waals surface area contributed by atoms with Gasteiger partial charge in [0.05, 0.1) is 0 Å². The minimum absolute atomic E-state index is 0.639. The Labute approximate surface area is 369 Å². The number of para-hydroxylation sites is 2. The Morgan fingerprint density at radius 2 is 0.556 bits per heavy atom. The van der Waals surface area contributed by atoms with Gasteiger partial charge in [-0.25, -0.2) is 15.0 Å². The van der Waals surface area contributed by atoms with Crippen molar-refractivity contribution in [3.8, 4) is 34.2 Å². The van der Waals surface area contributed by atoms with Crippen molar-refractivity contribution in [3.63, 3.8) is 0 Å². The molecule has 0 unspecified atom stereocenters. The van der Waals surface area contributed by atoms with E-state index in [1.807, 2.05) is 60.7 Å². The maximum atomic E-state index is 5.04. The molecule has 63 heavy (non-hydrogen) atoms. The van der Waals surface area contributed by atoms with Gasteiger partial charge in [0.25, 0.3) is 0 Å². The van der Waals surface area contributed by atoms with Gasteiger partial charge >= 0.3 is 0 Å². The van der Waals surface area contributed by atoms with Crippen LogP contribution in [0.4, 0.5) is 17.1 Å². The Hall–Kier alpha value is -7.78. The molecule has 296 valence electrons. The van der Waals surface area contributed by atoms with Crippen LogP contribution in [0.15, 0.2) is 243 Å². The highest BCUT2D eigenvalue weighted by molar-refractivity contribution is 7.33. The van der Waals surface area contributed by atoms with Crippen LogP contribution < -0.4 is 46.4 Å². The maximum absolute atomic E-state index is 5.04. The highest BCUT2D eigenvalue weighted by atomic mass is 28.3. The van der Waals surface area contributed by atoms with E-state index in [0.717, 1.165) is 22.4 Å². The lowest BCUT2D eigenvalue weighted by Crippen LogP contribution is -2.93. The molecule has 0 amide bonds. The van der Waals surface area contributed by atoms with Crippen LogP contribution in [0, 0.1) is 0 Å². The van der Waals surface area contributed by atoms with Crippen molar-refractivity contribution in [3.05, 3.63) is 243 Å². The summed E-state index contributed by atoms with van der Waals surface area (Å²) in [6.07, 6.45) is 0. The van der Waals surface area contributed by atoms with E-state index in [1.54, 1.807) is 0 Å². The van der Waals surface area contributed by atoms with E-state index in [9.17, 15) is 0 Å². The summed E-state index contributed by atoms with van der Waals surface area (Å²) in [6, 6.07) is 89.2. The third-order valence-corrected chi connectivity index (χ3v) is 23.4. The molecule has 1 spiro atoms. The molecule has 0 N–H and O–H groups in total. The number of rotatable bonds is 6. The Bertz CT molecular complexity index is 3090. The lowest BCUT2D eigenvalue weighted by atomic mass is 10.1. The summed E-state index contributed by atoms with van der Waals surface area (Å²) in [5.74, 6) is 1.94. The largest absolute Gasteiger partial charge is 0.311 e. The van der Waals surface area contributed by atoms with E-state index in [1.165, 1.54) is 52.9 Å². The van der Waals surface area contributed by atoms with Gasteiger partial charge in [0.15, 0.2) is 33.6 Å². The first kappa shape index (κ1) is 37.0. The van der Waals surface area contributed by atoms with Gasteiger partial charge in [0, 0.05) is 33.8 Å². The van der Waals surface area contributed by atoms with Gasteiger partial charge in [-0.15, -0.1) is 0 Å². The van der Waals surface area contributed by atoms with Gasteiger partial charge < -0.3 is 4.90 Å². The minimum atomic E-state index is -2.96. The molecule has 0 bridgehead atoms. The van der Waals surface area contributed by atoms with Crippen LogP contribution >= 0.6 is 0 Å². The quantitative estimate of drug-likeness (QED) is 0.161. The Morgan fingerprint density at radius 3 is 0.952 bits per heavy atom. The third-order valence-electron chi connectivity index (χ3n) is 13.1. The maximum Gasteiger partial charge on any atom is 0.183 e. The summed E-state index contributed by atoms with van der Waals surface area (Å²) in [5.41, 5.74) is 6.34. The predicted octanol–water partition coefficient (Wildman–Crippen LogP) is 7.72. The van der Waals surface area contributed by atoms with E-state index >= 15 is 0 Å². The van der Waals surface area contributed by atoms with E-state index in [-0.39, 0.29) is 0 Å². The summed E-state index contributed by atoms with van der Waals surface area (Å²) in [5, 5.41) is 11.5. The van der Waals surface area contributed by atoms with E-state index in [0.29, 0.717) is 17.5 Å². The molecule has 9 aromatic carbocycles. The van der Waals surface area contributed by atoms with Crippen LogP contribution in [-0.2, 0) is 0 Å². The molecule has 0 aliphatic carbocycles. The summed E-state index contributed by atoms with van der Waals surface area (Å²) in [7, 11) is -5.75. The van der Waals surface area contributed by atoms with Crippen LogP contribution in [0.5, 0.6) is 0 Å². The first-order chi connectivity index (χ1) is 31.3. The van der Waals surface area contributed by atoms with Crippen molar-refractivity contribution < 1.29 is 0 Å². The van der Waals surface area contributed by atoms with Crippen LogP contribution in [0.25, 0.3) is 34.2 Å². The molecule has 4 nitrogen and oxygen atoms in total. The molecule has 0 atom stereocenters. The molecule has 6 heteroatoms. The normalized spacial score (nSPS) is 13.9. The predicted molar refractivity (Wildman–Crippen MR) is 265 cm³/mol. The van der Waals surface area contributed by atoms with Crippen molar-refractivity contribution in [1.82, 2.24) is 15.0 Å². The van der Waals surface area contributed by atoms with Gasteiger partial charge in [0.2, 0.25) is 0 Å². The molecular weight excluding hydrogens is 797 g/mol. The summed E-state index contributed by atoms with van der Waals surface area (Å²) < 4.78 is 0. The fourth-order valence-electron chi connectivity index (χ4n) is 10.5. The number of aromatic nitrogens is 3. The molecule has 3 heterocycles. The molecule has 12 rings (SSSR count).